The Labute approximate surface area is 94.3 Å². The van der Waals surface area contributed by atoms with Gasteiger partial charge >= 0.3 is 0 Å². The van der Waals surface area contributed by atoms with Gasteiger partial charge in [0.25, 0.3) is 0 Å². The predicted octanol–water partition coefficient (Wildman–Crippen LogP) is 0.734. The second-order valence-electron chi connectivity index (χ2n) is 3.72. The normalized spacial score (nSPS) is 12.6. The van der Waals surface area contributed by atoms with Crippen molar-refractivity contribution in [1.82, 2.24) is 9.78 Å². The van der Waals surface area contributed by atoms with Crippen LogP contribution < -0.4 is 5.73 Å². The molecule has 0 saturated carbocycles. The highest BCUT2D eigenvalue weighted by Gasteiger charge is 2.08. The number of nitrogens with two attached hydrogens (primary N) is 1. The Morgan fingerprint density at radius 1 is 1.25 bits per heavy atom. The summed E-state index contributed by atoms with van der Waals surface area (Å²) in [6.45, 7) is -0.0139. The van der Waals surface area contributed by atoms with Gasteiger partial charge < -0.3 is 10.8 Å². The van der Waals surface area contributed by atoms with E-state index < -0.39 is 0 Å². The largest absolute Gasteiger partial charge is 0.395 e. The van der Waals surface area contributed by atoms with Crippen LogP contribution in [-0.4, -0.2) is 27.5 Å². The molecule has 1 heterocycles. The van der Waals surface area contributed by atoms with Gasteiger partial charge in [0.2, 0.25) is 0 Å². The molecule has 3 N–H and O–H groups in total. The highest BCUT2D eigenvalue weighted by atomic mass is 16.3. The first-order chi connectivity index (χ1) is 7.81. The quantitative estimate of drug-likeness (QED) is 0.793. The summed E-state index contributed by atoms with van der Waals surface area (Å²) in [6.07, 6.45) is 2.36. The van der Waals surface area contributed by atoms with E-state index in [1.807, 2.05) is 41.1 Å². The first kappa shape index (κ1) is 10.9. The topological polar surface area (TPSA) is 64.1 Å². The van der Waals surface area contributed by atoms with E-state index in [-0.39, 0.29) is 12.6 Å². The molecule has 84 valence electrons. The van der Waals surface area contributed by atoms with Gasteiger partial charge in [-0.3, -0.25) is 0 Å². The van der Waals surface area contributed by atoms with Gasteiger partial charge in [-0.25, -0.2) is 4.68 Å². The number of para-hydroxylation sites is 1. The molecule has 1 aromatic carbocycles. The third-order valence-electron chi connectivity index (χ3n) is 2.43. The van der Waals surface area contributed by atoms with Crippen LogP contribution in [-0.2, 0) is 6.42 Å². The van der Waals surface area contributed by atoms with Gasteiger partial charge in [0.1, 0.15) is 0 Å². The third kappa shape index (κ3) is 2.29. The number of benzene rings is 1. The summed E-state index contributed by atoms with van der Waals surface area (Å²) >= 11 is 0. The first-order valence-electron chi connectivity index (χ1n) is 5.26. The Morgan fingerprint density at radius 3 is 2.69 bits per heavy atom. The fraction of sp³-hybridized carbons (Fsp3) is 0.250. The average molecular weight is 217 g/mol. The lowest BCUT2D eigenvalue weighted by atomic mass is 10.2. The average Bonchev–Trinajstić information content (AvgIpc) is 2.78. The molecule has 0 bridgehead atoms. The van der Waals surface area contributed by atoms with Crippen molar-refractivity contribution in [3.05, 3.63) is 48.3 Å². The van der Waals surface area contributed by atoms with Crippen LogP contribution in [0.2, 0.25) is 0 Å². The van der Waals surface area contributed by atoms with Crippen LogP contribution in [0.4, 0.5) is 0 Å². The Bertz CT molecular complexity index is 439. The summed E-state index contributed by atoms with van der Waals surface area (Å²) in [5, 5.41) is 13.2. The third-order valence-corrected chi connectivity index (χ3v) is 2.43. The molecular formula is C12H15N3O. The maximum atomic E-state index is 8.94. The molecule has 4 nitrogen and oxygen atoms in total. The first-order valence-corrected chi connectivity index (χ1v) is 5.26. The van der Waals surface area contributed by atoms with E-state index in [1.54, 1.807) is 6.20 Å². The van der Waals surface area contributed by atoms with E-state index in [4.69, 9.17) is 10.8 Å². The molecule has 0 fully saturated rings. The van der Waals surface area contributed by atoms with Gasteiger partial charge in [0.05, 0.1) is 12.3 Å². The Balaban J connectivity index is 2.26. The van der Waals surface area contributed by atoms with Crippen molar-refractivity contribution in [3.63, 3.8) is 0 Å². The van der Waals surface area contributed by atoms with Gasteiger partial charge in [0.15, 0.2) is 0 Å². The van der Waals surface area contributed by atoms with Crippen molar-refractivity contribution in [2.45, 2.75) is 12.5 Å². The molecule has 1 unspecified atom stereocenters. The van der Waals surface area contributed by atoms with Crippen molar-refractivity contribution in [2.24, 2.45) is 5.73 Å². The van der Waals surface area contributed by atoms with Crippen LogP contribution in [0.15, 0.2) is 42.6 Å². The second-order valence-corrected chi connectivity index (χ2v) is 3.72. The number of aliphatic hydroxyl groups is 1. The van der Waals surface area contributed by atoms with Crippen LogP contribution >= 0.6 is 0 Å². The second kappa shape index (κ2) is 4.92. The van der Waals surface area contributed by atoms with E-state index in [0.717, 1.165) is 11.4 Å². The standard InChI is InChI=1S/C12H15N3O/c13-10(9-16)8-12-6-7-14-15(12)11-4-2-1-3-5-11/h1-7,10,16H,8-9,13H2. The van der Waals surface area contributed by atoms with Crippen LogP contribution in [0, 0.1) is 0 Å². The van der Waals surface area contributed by atoms with Crippen molar-refractivity contribution in [1.29, 1.82) is 0 Å². The minimum atomic E-state index is -0.237. The van der Waals surface area contributed by atoms with Gasteiger partial charge in [-0.05, 0) is 18.2 Å². The van der Waals surface area contributed by atoms with E-state index in [2.05, 4.69) is 5.10 Å². The Hall–Kier alpha value is -1.65. The molecular weight excluding hydrogens is 202 g/mol. The lowest BCUT2D eigenvalue weighted by Crippen LogP contribution is -2.27. The SMILES string of the molecule is NC(CO)Cc1ccnn1-c1ccccc1. The van der Waals surface area contributed by atoms with Crippen molar-refractivity contribution < 1.29 is 5.11 Å². The summed E-state index contributed by atoms with van der Waals surface area (Å²) in [7, 11) is 0. The number of aromatic nitrogens is 2. The molecule has 16 heavy (non-hydrogen) atoms. The van der Waals surface area contributed by atoms with Crippen molar-refractivity contribution >= 4 is 0 Å². The summed E-state index contributed by atoms with van der Waals surface area (Å²) in [5.41, 5.74) is 7.73. The molecule has 0 aliphatic heterocycles. The van der Waals surface area contributed by atoms with E-state index in [0.29, 0.717) is 6.42 Å². The Kier molecular flexibility index (Phi) is 3.34. The molecule has 0 spiro atoms. The van der Waals surface area contributed by atoms with Crippen LogP contribution in [0.5, 0.6) is 0 Å². The molecule has 0 radical (unpaired) electrons. The van der Waals surface area contributed by atoms with Crippen LogP contribution in [0.3, 0.4) is 0 Å². The van der Waals surface area contributed by atoms with E-state index in [9.17, 15) is 0 Å². The summed E-state index contributed by atoms with van der Waals surface area (Å²) in [4.78, 5) is 0. The fourth-order valence-electron chi connectivity index (χ4n) is 1.62. The lowest BCUT2D eigenvalue weighted by Gasteiger charge is -2.10. The van der Waals surface area contributed by atoms with Gasteiger partial charge in [-0.15, -0.1) is 0 Å². The zero-order valence-electron chi connectivity index (χ0n) is 8.95. The highest BCUT2D eigenvalue weighted by molar-refractivity contribution is 5.32. The van der Waals surface area contributed by atoms with Gasteiger partial charge in [-0.2, -0.15) is 5.10 Å². The van der Waals surface area contributed by atoms with Crippen molar-refractivity contribution in [3.8, 4) is 5.69 Å². The van der Waals surface area contributed by atoms with Gasteiger partial charge in [0, 0.05) is 24.4 Å². The fourth-order valence-corrected chi connectivity index (χ4v) is 1.62. The van der Waals surface area contributed by atoms with Crippen LogP contribution in [0.1, 0.15) is 5.69 Å². The Morgan fingerprint density at radius 2 is 2.00 bits per heavy atom. The maximum Gasteiger partial charge on any atom is 0.0648 e. The monoisotopic (exact) mass is 217 g/mol. The molecule has 0 aliphatic rings. The zero-order chi connectivity index (χ0) is 11.4. The molecule has 0 aliphatic carbocycles. The predicted molar refractivity (Wildman–Crippen MR) is 62.3 cm³/mol. The minimum absolute atomic E-state index is 0.0139. The molecule has 2 rings (SSSR count). The molecule has 1 aromatic heterocycles. The smallest absolute Gasteiger partial charge is 0.0648 e. The molecule has 0 amide bonds. The number of hydrogen-bond donors (Lipinski definition) is 2. The zero-order valence-corrected chi connectivity index (χ0v) is 8.95. The van der Waals surface area contributed by atoms with E-state index in [1.165, 1.54) is 0 Å². The van der Waals surface area contributed by atoms with E-state index >= 15 is 0 Å². The minimum Gasteiger partial charge on any atom is -0.395 e. The summed E-state index contributed by atoms with van der Waals surface area (Å²) in [6, 6.07) is 11.6. The summed E-state index contributed by atoms with van der Waals surface area (Å²) in [5.74, 6) is 0. The number of nitrogens with zero attached hydrogens (tertiary/aromatic N) is 2. The molecule has 1 atom stereocenters. The number of rotatable bonds is 4. The molecule has 2 aromatic rings. The maximum absolute atomic E-state index is 8.94. The van der Waals surface area contributed by atoms with Crippen molar-refractivity contribution in [2.75, 3.05) is 6.61 Å². The van der Waals surface area contributed by atoms with Gasteiger partial charge in [-0.1, -0.05) is 18.2 Å². The molecule has 0 saturated heterocycles. The lowest BCUT2D eigenvalue weighted by molar-refractivity contribution is 0.264. The summed E-state index contributed by atoms with van der Waals surface area (Å²) < 4.78 is 1.84. The van der Waals surface area contributed by atoms with Crippen LogP contribution in [0.25, 0.3) is 5.69 Å². The molecule has 4 heteroatoms. The number of hydrogen-bond acceptors (Lipinski definition) is 3. The number of aliphatic hydroxyl groups excluding tert-OH is 1. The highest BCUT2D eigenvalue weighted by Crippen LogP contribution is 2.10.